The molecule has 6 rings (SSSR count). The molecule has 4 aliphatic carbocycles. The Bertz CT molecular complexity index is 1580. The van der Waals surface area contributed by atoms with Crippen molar-refractivity contribution >= 4 is 29.0 Å². The molecule has 11 atom stereocenters. The first-order valence-electron chi connectivity index (χ1n) is 18.9. The first-order valence-corrected chi connectivity index (χ1v) is 18.9. The van der Waals surface area contributed by atoms with Gasteiger partial charge in [0.25, 0.3) is 5.56 Å². The molecule has 14 heteroatoms. The molecule has 4 fully saturated rings. The minimum absolute atomic E-state index is 0.0291. The minimum atomic E-state index is -0.973. The van der Waals surface area contributed by atoms with E-state index in [1.807, 2.05) is 13.8 Å². The second-order valence-electron chi connectivity index (χ2n) is 16.7. The maximum atomic E-state index is 12.5. The Morgan fingerprint density at radius 3 is 2.49 bits per heavy atom. The number of aromatic amines is 1. The van der Waals surface area contributed by atoms with Crippen LogP contribution < -0.4 is 16.6 Å². The van der Waals surface area contributed by atoms with Crippen LogP contribution in [0.15, 0.2) is 11.1 Å². The molecular formula is C37H60N6O8. The van der Waals surface area contributed by atoms with Gasteiger partial charge in [-0.3, -0.25) is 19.1 Å². The van der Waals surface area contributed by atoms with E-state index in [-0.39, 0.29) is 71.8 Å². The third-order valence-electron chi connectivity index (χ3n) is 13.5. The largest absolute Gasteiger partial charge is 0.480 e. The summed E-state index contributed by atoms with van der Waals surface area (Å²) in [6.45, 7) is 11.1. The van der Waals surface area contributed by atoms with Crippen molar-refractivity contribution in [2.75, 3.05) is 18.9 Å². The number of anilines is 1. The Labute approximate surface area is 300 Å². The zero-order chi connectivity index (χ0) is 37.2. The Kier molecular flexibility index (Phi) is 12.2. The van der Waals surface area contributed by atoms with Crippen LogP contribution >= 0.6 is 0 Å². The number of hydrogen-bond acceptors (Lipinski definition) is 10. The SMILES string of the molecule is CC(C)C(NC(=O)CCC(C)C1CCC2C3C(O)CC4CC(O)CCC4(C)C3CCC12C)C(=O)O.Nc1nc2c(ncn2COCCO)c(=O)[nH]1. The summed E-state index contributed by atoms with van der Waals surface area (Å²) < 4.78 is 6.63. The Morgan fingerprint density at radius 2 is 1.80 bits per heavy atom. The van der Waals surface area contributed by atoms with Crippen LogP contribution in [0.5, 0.6) is 0 Å². The highest BCUT2D eigenvalue weighted by molar-refractivity contribution is 5.83. The fourth-order valence-electron chi connectivity index (χ4n) is 10.8. The highest BCUT2D eigenvalue weighted by Crippen LogP contribution is 2.68. The van der Waals surface area contributed by atoms with Crippen molar-refractivity contribution in [3.8, 4) is 0 Å². The summed E-state index contributed by atoms with van der Waals surface area (Å²) in [6.07, 6.45) is 10.4. The Morgan fingerprint density at radius 1 is 1.10 bits per heavy atom. The number of aliphatic hydroxyl groups is 3. The fourth-order valence-corrected chi connectivity index (χ4v) is 10.8. The maximum Gasteiger partial charge on any atom is 0.326 e. The summed E-state index contributed by atoms with van der Waals surface area (Å²) in [5.74, 6) is 1.54. The van der Waals surface area contributed by atoms with E-state index in [1.165, 1.54) is 17.3 Å². The Hall–Kier alpha value is -3.07. The number of nitrogens with one attached hydrogen (secondary N) is 2. The summed E-state index contributed by atoms with van der Waals surface area (Å²) in [7, 11) is 0. The highest BCUT2D eigenvalue weighted by atomic mass is 16.5. The summed E-state index contributed by atoms with van der Waals surface area (Å²) in [6, 6.07) is -0.833. The third-order valence-corrected chi connectivity index (χ3v) is 13.5. The van der Waals surface area contributed by atoms with E-state index in [2.05, 4.69) is 41.0 Å². The first kappa shape index (κ1) is 39.1. The number of H-pyrrole nitrogens is 1. The monoisotopic (exact) mass is 716 g/mol. The van der Waals surface area contributed by atoms with Crippen LogP contribution in [0.2, 0.25) is 0 Å². The van der Waals surface area contributed by atoms with Gasteiger partial charge in [-0.15, -0.1) is 0 Å². The van der Waals surface area contributed by atoms with Gasteiger partial charge in [-0.2, -0.15) is 4.98 Å². The number of aromatic nitrogens is 4. The number of carboxylic acids is 1. The van der Waals surface area contributed by atoms with Gasteiger partial charge >= 0.3 is 5.97 Å². The van der Waals surface area contributed by atoms with Gasteiger partial charge < -0.3 is 36.2 Å². The third kappa shape index (κ3) is 7.98. The summed E-state index contributed by atoms with van der Waals surface area (Å²) in [5, 5.41) is 42.3. The van der Waals surface area contributed by atoms with Crippen LogP contribution in [0.3, 0.4) is 0 Å². The average molecular weight is 717 g/mol. The number of imidazole rings is 1. The molecule has 2 aromatic heterocycles. The van der Waals surface area contributed by atoms with Gasteiger partial charge in [0.1, 0.15) is 12.8 Å². The van der Waals surface area contributed by atoms with Gasteiger partial charge in [0, 0.05) is 6.42 Å². The molecule has 286 valence electrons. The molecule has 4 aliphatic rings. The van der Waals surface area contributed by atoms with Crippen LogP contribution in [0, 0.1) is 52.3 Å². The first-order chi connectivity index (χ1) is 24.1. The minimum Gasteiger partial charge on any atom is -0.480 e. The number of carboxylic acid groups (broad SMARTS) is 1. The number of carbonyl (C=O) groups excluding carboxylic acids is 1. The summed E-state index contributed by atoms with van der Waals surface area (Å²) in [5.41, 5.74) is 6.03. The lowest BCUT2D eigenvalue weighted by molar-refractivity contribution is -0.174. The second kappa shape index (κ2) is 15.9. The van der Waals surface area contributed by atoms with Crippen molar-refractivity contribution in [2.24, 2.45) is 52.3 Å². The van der Waals surface area contributed by atoms with E-state index in [0.717, 1.165) is 51.4 Å². The van der Waals surface area contributed by atoms with Crippen molar-refractivity contribution in [3.63, 3.8) is 0 Å². The zero-order valence-corrected chi connectivity index (χ0v) is 30.9. The van der Waals surface area contributed by atoms with Crippen molar-refractivity contribution in [3.05, 3.63) is 16.7 Å². The number of rotatable bonds is 11. The van der Waals surface area contributed by atoms with Gasteiger partial charge in [0.05, 0.1) is 31.7 Å². The predicted molar refractivity (Wildman–Crippen MR) is 191 cm³/mol. The van der Waals surface area contributed by atoms with E-state index >= 15 is 0 Å². The fraction of sp³-hybridized carbons (Fsp3) is 0.811. The summed E-state index contributed by atoms with van der Waals surface area (Å²) in [4.78, 5) is 45.6. The van der Waals surface area contributed by atoms with E-state index in [0.29, 0.717) is 47.6 Å². The topological polar surface area (TPSA) is 226 Å². The molecule has 1 amide bonds. The molecule has 0 radical (unpaired) electrons. The Balaban J connectivity index is 0.000000262. The number of nitrogens with two attached hydrogens (primary N) is 1. The molecular weight excluding hydrogens is 656 g/mol. The lowest BCUT2D eigenvalue weighted by Gasteiger charge is -2.62. The zero-order valence-electron chi connectivity index (χ0n) is 30.9. The maximum absolute atomic E-state index is 12.5. The normalized spacial score (nSPS) is 34.1. The molecule has 4 saturated carbocycles. The molecule has 51 heavy (non-hydrogen) atoms. The predicted octanol–water partition coefficient (Wildman–Crippen LogP) is 3.29. The quantitative estimate of drug-likeness (QED) is 0.167. The van der Waals surface area contributed by atoms with E-state index in [1.54, 1.807) is 0 Å². The molecule has 2 heterocycles. The van der Waals surface area contributed by atoms with Crippen LogP contribution in [0.1, 0.15) is 98.8 Å². The van der Waals surface area contributed by atoms with Gasteiger partial charge in [-0.25, -0.2) is 9.78 Å². The number of nitrogen functional groups attached to an aromatic ring is 1. The number of nitrogens with zero attached hydrogens (tertiary/aromatic N) is 3. The van der Waals surface area contributed by atoms with Crippen molar-refractivity contribution in [1.82, 2.24) is 24.8 Å². The smallest absolute Gasteiger partial charge is 0.326 e. The molecule has 2 aromatic rings. The molecule has 0 bridgehead atoms. The number of hydrogen-bond donors (Lipinski definition) is 7. The lowest BCUT2D eigenvalue weighted by Crippen LogP contribution is -2.58. The molecule has 0 spiro atoms. The number of carbonyl (C=O) groups is 2. The molecule has 0 aliphatic heterocycles. The van der Waals surface area contributed by atoms with E-state index in [4.69, 9.17) is 15.6 Å². The van der Waals surface area contributed by atoms with Gasteiger partial charge in [-0.05, 0) is 110 Å². The lowest BCUT2D eigenvalue weighted by atomic mass is 9.43. The van der Waals surface area contributed by atoms with Gasteiger partial charge in [0.15, 0.2) is 11.2 Å². The number of aliphatic hydroxyl groups excluding tert-OH is 3. The highest BCUT2D eigenvalue weighted by Gasteiger charge is 2.62. The van der Waals surface area contributed by atoms with Crippen molar-refractivity contribution in [1.29, 1.82) is 0 Å². The van der Waals surface area contributed by atoms with Crippen LogP contribution in [0.25, 0.3) is 11.2 Å². The molecule has 8 N–H and O–H groups in total. The number of ether oxygens (including phenoxy) is 1. The molecule has 0 saturated heterocycles. The van der Waals surface area contributed by atoms with Crippen LogP contribution in [-0.4, -0.2) is 83.3 Å². The van der Waals surface area contributed by atoms with E-state index in [9.17, 15) is 29.7 Å². The van der Waals surface area contributed by atoms with Crippen LogP contribution in [0.4, 0.5) is 5.95 Å². The summed E-state index contributed by atoms with van der Waals surface area (Å²) >= 11 is 0. The second-order valence-corrected chi connectivity index (χ2v) is 16.7. The number of fused-ring (bicyclic) bond motifs is 6. The molecule has 11 unspecified atom stereocenters. The van der Waals surface area contributed by atoms with Crippen molar-refractivity contribution in [2.45, 2.75) is 124 Å². The van der Waals surface area contributed by atoms with Gasteiger partial charge in [-0.1, -0.05) is 34.6 Å². The van der Waals surface area contributed by atoms with Crippen molar-refractivity contribution < 1.29 is 34.8 Å². The van der Waals surface area contributed by atoms with Crippen LogP contribution in [-0.2, 0) is 21.1 Å². The number of aliphatic carboxylic acids is 1. The molecule has 0 aromatic carbocycles. The number of amides is 1. The van der Waals surface area contributed by atoms with Gasteiger partial charge in [0.2, 0.25) is 11.9 Å². The average Bonchev–Trinajstić information content (AvgIpc) is 3.64. The molecule has 14 nitrogen and oxygen atoms in total. The van der Waals surface area contributed by atoms with E-state index < -0.39 is 12.0 Å². The standard InChI is InChI=1S/C29H49NO5.C8H11N5O3/c1-16(2)26(27(34)35)30-24(33)9-6-17(3)20-7-8-21-25-22(11-13-29(20,21)5)28(4)12-10-19(31)14-18(28)15-23(25)32;9-8-11-6-5(7(15)12-8)10-3-13(6)4-16-2-1-14/h16-23,25-26,31-32H,6-15H2,1-5H3,(H,30,33)(H,34,35);3,14H,1-2,4H2,(H3,9,11,12,15).